The molecule has 1 aliphatic heterocycles. The van der Waals surface area contributed by atoms with Gasteiger partial charge in [0.05, 0.1) is 16.8 Å². The van der Waals surface area contributed by atoms with Crippen LogP contribution in [0.3, 0.4) is 0 Å². The average molecular weight is 420 g/mol. The Bertz CT molecular complexity index is 584. The Kier molecular flexibility index (Phi) is 5.06. The summed E-state index contributed by atoms with van der Waals surface area (Å²) in [6.45, 7) is 2.75. The first-order valence-electron chi connectivity index (χ1n) is 6.68. The molecule has 2 rings (SSSR count). The van der Waals surface area contributed by atoms with Crippen molar-refractivity contribution in [3.63, 3.8) is 0 Å². The van der Waals surface area contributed by atoms with E-state index in [2.05, 4.69) is 42.5 Å². The SMILES string of the molecule is CCC1(C(=O)Nc2c(Br)cc(Br)cc2C(=O)O)CCCN1. The highest BCUT2D eigenvalue weighted by atomic mass is 79.9. The van der Waals surface area contributed by atoms with Crippen molar-refractivity contribution in [3.8, 4) is 0 Å². The molecule has 7 heteroatoms. The van der Waals surface area contributed by atoms with E-state index in [-0.39, 0.29) is 17.2 Å². The van der Waals surface area contributed by atoms with E-state index in [1.54, 1.807) is 6.07 Å². The van der Waals surface area contributed by atoms with Crippen LogP contribution in [0.2, 0.25) is 0 Å². The molecule has 114 valence electrons. The number of hydrogen-bond donors (Lipinski definition) is 3. The molecule has 1 heterocycles. The van der Waals surface area contributed by atoms with Gasteiger partial charge in [0.25, 0.3) is 0 Å². The van der Waals surface area contributed by atoms with Gasteiger partial charge < -0.3 is 15.7 Å². The maximum absolute atomic E-state index is 12.6. The molecule has 0 aliphatic carbocycles. The van der Waals surface area contributed by atoms with Gasteiger partial charge in [-0.25, -0.2) is 4.79 Å². The average Bonchev–Trinajstić information content (AvgIpc) is 2.91. The third-order valence-corrected chi connectivity index (χ3v) is 4.89. The van der Waals surface area contributed by atoms with Gasteiger partial charge in [0.2, 0.25) is 5.91 Å². The lowest BCUT2D eigenvalue weighted by Crippen LogP contribution is -2.50. The zero-order valence-electron chi connectivity index (χ0n) is 11.5. The maximum atomic E-state index is 12.6. The predicted octanol–water partition coefficient (Wildman–Crippen LogP) is 3.38. The van der Waals surface area contributed by atoms with Crippen molar-refractivity contribution in [2.24, 2.45) is 0 Å². The number of halogens is 2. The number of amides is 1. The number of rotatable bonds is 4. The Labute approximate surface area is 139 Å². The molecule has 0 saturated carbocycles. The first kappa shape index (κ1) is 16.5. The van der Waals surface area contributed by atoms with Gasteiger partial charge in [-0.15, -0.1) is 0 Å². The van der Waals surface area contributed by atoms with E-state index in [1.807, 2.05) is 6.92 Å². The third-order valence-electron chi connectivity index (χ3n) is 3.81. The summed E-state index contributed by atoms with van der Waals surface area (Å²) in [6.07, 6.45) is 2.36. The van der Waals surface area contributed by atoms with Gasteiger partial charge in [0.15, 0.2) is 0 Å². The molecule has 1 fully saturated rings. The van der Waals surface area contributed by atoms with E-state index in [0.717, 1.165) is 19.4 Å². The molecule has 0 spiro atoms. The molecule has 1 aliphatic rings. The van der Waals surface area contributed by atoms with Gasteiger partial charge in [-0.3, -0.25) is 4.79 Å². The number of carbonyl (C=O) groups excluding carboxylic acids is 1. The maximum Gasteiger partial charge on any atom is 0.337 e. The topological polar surface area (TPSA) is 78.4 Å². The molecule has 1 aromatic rings. The Balaban J connectivity index is 2.35. The zero-order chi connectivity index (χ0) is 15.6. The summed E-state index contributed by atoms with van der Waals surface area (Å²) in [5.41, 5.74) is -0.270. The third kappa shape index (κ3) is 3.30. The highest BCUT2D eigenvalue weighted by molar-refractivity contribution is 9.11. The number of benzene rings is 1. The van der Waals surface area contributed by atoms with Crippen molar-refractivity contribution in [1.82, 2.24) is 5.32 Å². The van der Waals surface area contributed by atoms with Crippen LogP contribution in [-0.4, -0.2) is 29.1 Å². The van der Waals surface area contributed by atoms with Crippen LogP contribution in [0.25, 0.3) is 0 Å². The molecule has 1 saturated heterocycles. The minimum atomic E-state index is -1.09. The van der Waals surface area contributed by atoms with E-state index < -0.39 is 11.5 Å². The summed E-state index contributed by atoms with van der Waals surface area (Å²) in [5, 5.41) is 15.3. The molecular weight excluding hydrogens is 404 g/mol. The minimum absolute atomic E-state index is 0.0499. The molecule has 21 heavy (non-hydrogen) atoms. The first-order chi connectivity index (χ1) is 9.89. The fourth-order valence-corrected chi connectivity index (χ4v) is 3.89. The lowest BCUT2D eigenvalue weighted by atomic mass is 9.93. The molecular formula is C14H16Br2N2O3. The number of hydrogen-bond acceptors (Lipinski definition) is 3. The van der Waals surface area contributed by atoms with E-state index in [9.17, 15) is 14.7 Å². The number of aromatic carboxylic acids is 1. The van der Waals surface area contributed by atoms with E-state index in [1.165, 1.54) is 6.07 Å². The van der Waals surface area contributed by atoms with Crippen molar-refractivity contribution in [2.75, 3.05) is 11.9 Å². The van der Waals surface area contributed by atoms with E-state index in [0.29, 0.717) is 15.4 Å². The summed E-state index contributed by atoms with van der Waals surface area (Å²) < 4.78 is 1.17. The van der Waals surface area contributed by atoms with Crippen LogP contribution in [0.1, 0.15) is 36.5 Å². The summed E-state index contributed by atoms with van der Waals surface area (Å²) in [6, 6.07) is 3.19. The monoisotopic (exact) mass is 418 g/mol. The van der Waals surface area contributed by atoms with Gasteiger partial charge in [-0.2, -0.15) is 0 Å². The summed E-state index contributed by atoms with van der Waals surface area (Å²) >= 11 is 6.57. The summed E-state index contributed by atoms with van der Waals surface area (Å²) in [4.78, 5) is 24.0. The fourth-order valence-electron chi connectivity index (χ4n) is 2.56. The molecule has 0 bridgehead atoms. The Morgan fingerprint density at radius 3 is 2.67 bits per heavy atom. The molecule has 0 radical (unpaired) electrons. The molecule has 0 aromatic heterocycles. The molecule has 1 aromatic carbocycles. The molecule has 5 nitrogen and oxygen atoms in total. The summed E-state index contributed by atoms with van der Waals surface area (Å²) in [5.74, 6) is -1.27. The van der Waals surface area contributed by atoms with Crippen molar-refractivity contribution < 1.29 is 14.7 Å². The number of carboxylic acids is 1. The van der Waals surface area contributed by atoms with Crippen LogP contribution in [0, 0.1) is 0 Å². The quantitative estimate of drug-likeness (QED) is 0.698. The number of carboxylic acid groups (broad SMARTS) is 1. The second-order valence-electron chi connectivity index (χ2n) is 5.04. The molecule has 1 atom stereocenters. The van der Waals surface area contributed by atoms with E-state index >= 15 is 0 Å². The van der Waals surface area contributed by atoms with Crippen molar-refractivity contribution in [1.29, 1.82) is 0 Å². The van der Waals surface area contributed by atoms with Crippen LogP contribution in [0.4, 0.5) is 5.69 Å². The van der Waals surface area contributed by atoms with Crippen molar-refractivity contribution in [2.45, 2.75) is 31.7 Å². The number of nitrogens with one attached hydrogen (secondary N) is 2. The normalized spacial score (nSPS) is 21.3. The van der Waals surface area contributed by atoms with Gasteiger partial charge in [-0.1, -0.05) is 22.9 Å². The van der Waals surface area contributed by atoms with Crippen LogP contribution >= 0.6 is 31.9 Å². The number of anilines is 1. The van der Waals surface area contributed by atoms with Crippen LogP contribution in [0.5, 0.6) is 0 Å². The van der Waals surface area contributed by atoms with Gasteiger partial charge in [0, 0.05) is 8.95 Å². The lowest BCUT2D eigenvalue weighted by Gasteiger charge is -2.27. The Hall–Kier alpha value is -0.920. The van der Waals surface area contributed by atoms with Crippen LogP contribution in [0.15, 0.2) is 21.1 Å². The summed E-state index contributed by atoms with van der Waals surface area (Å²) in [7, 11) is 0. The highest BCUT2D eigenvalue weighted by Crippen LogP contribution is 2.33. The minimum Gasteiger partial charge on any atom is -0.478 e. The van der Waals surface area contributed by atoms with E-state index in [4.69, 9.17) is 0 Å². The van der Waals surface area contributed by atoms with Crippen LogP contribution < -0.4 is 10.6 Å². The van der Waals surface area contributed by atoms with Gasteiger partial charge in [-0.05, 0) is 53.9 Å². The second kappa shape index (κ2) is 6.46. The number of carbonyl (C=O) groups is 2. The fraction of sp³-hybridized carbons (Fsp3) is 0.429. The van der Waals surface area contributed by atoms with Gasteiger partial charge >= 0.3 is 5.97 Å². The van der Waals surface area contributed by atoms with Gasteiger partial charge in [0.1, 0.15) is 0 Å². The molecule has 1 amide bonds. The predicted molar refractivity (Wildman–Crippen MR) is 87.7 cm³/mol. The second-order valence-corrected chi connectivity index (χ2v) is 6.81. The lowest BCUT2D eigenvalue weighted by molar-refractivity contribution is -0.122. The largest absolute Gasteiger partial charge is 0.478 e. The Morgan fingerprint density at radius 1 is 1.43 bits per heavy atom. The Morgan fingerprint density at radius 2 is 2.14 bits per heavy atom. The smallest absolute Gasteiger partial charge is 0.337 e. The highest BCUT2D eigenvalue weighted by Gasteiger charge is 2.39. The first-order valence-corrected chi connectivity index (χ1v) is 8.27. The van der Waals surface area contributed by atoms with Crippen LogP contribution in [-0.2, 0) is 4.79 Å². The zero-order valence-corrected chi connectivity index (χ0v) is 14.7. The molecule has 3 N–H and O–H groups in total. The standard InChI is InChI=1S/C14H16Br2N2O3/c1-2-14(4-3-5-17-14)13(21)18-11-9(12(19)20)6-8(15)7-10(11)16/h6-7,17H,2-5H2,1H3,(H,18,21)(H,19,20). The molecule has 1 unspecified atom stereocenters. The van der Waals surface area contributed by atoms with Crippen molar-refractivity contribution >= 4 is 49.4 Å². The van der Waals surface area contributed by atoms with Crippen molar-refractivity contribution in [3.05, 3.63) is 26.6 Å².